The minimum atomic E-state index is 0.0102. The summed E-state index contributed by atoms with van der Waals surface area (Å²) in [4.78, 5) is 28.4. The number of carbonyl (C=O) groups is 2. The number of piperazine rings is 1. The van der Waals surface area contributed by atoms with Crippen LogP contribution >= 0.6 is 0 Å². The van der Waals surface area contributed by atoms with Gasteiger partial charge in [0.15, 0.2) is 0 Å². The van der Waals surface area contributed by atoms with Crippen LogP contribution in [-0.2, 0) is 16.0 Å². The first-order valence-electron chi connectivity index (χ1n) is 9.06. The third kappa shape index (κ3) is 4.74. The van der Waals surface area contributed by atoms with E-state index in [4.69, 9.17) is 4.74 Å². The number of methoxy groups -OCH3 is 1. The molecular formula is C20H30N2O3. The van der Waals surface area contributed by atoms with E-state index < -0.39 is 0 Å². The first-order valence-corrected chi connectivity index (χ1v) is 9.06. The summed E-state index contributed by atoms with van der Waals surface area (Å²) in [5.74, 6) is 1.51. The summed E-state index contributed by atoms with van der Waals surface area (Å²) in [5, 5.41) is 0. The van der Waals surface area contributed by atoms with Crippen LogP contribution < -0.4 is 4.74 Å². The number of benzene rings is 1. The second-order valence-electron chi connectivity index (χ2n) is 7.27. The third-order valence-electron chi connectivity index (χ3n) is 4.71. The predicted octanol–water partition coefficient (Wildman–Crippen LogP) is 2.69. The zero-order chi connectivity index (χ0) is 18.6. The second-order valence-corrected chi connectivity index (χ2v) is 7.27. The molecule has 0 atom stereocenters. The molecule has 2 amide bonds. The highest BCUT2D eigenvalue weighted by atomic mass is 16.5. The Bertz CT molecular complexity index is 617. The fourth-order valence-electron chi connectivity index (χ4n) is 3.17. The zero-order valence-electron chi connectivity index (χ0n) is 16.0. The van der Waals surface area contributed by atoms with Gasteiger partial charge >= 0.3 is 0 Å². The van der Waals surface area contributed by atoms with Gasteiger partial charge in [-0.05, 0) is 23.1 Å². The van der Waals surface area contributed by atoms with Crippen LogP contribution in [0.15, 0.2) is 18.2 Å². The minimum absolute atomic E-state index is 0.0102. The molecule has 0 aliphatic carbocycles. The van der Waals surface area contributed by atoms with Gasteiger partial charge in [0.25, 0.3) is 0 Å². The highest BCUT2D eigenvalue weighted by Gasteiger charge is 2.25. The zero-order valence-corrected chi connectivity index (χ0v) is 16.0. The average Bonchev–Trinajstić information content (AvgIpc) is 2.60. The van der Waals surface area contributed by atoms with Gasteiger partial charge in [0.1, 0.15) is 5.75 Å². The molecule has 1 saturated heterocycles. The van der Waals surface area contributed by atoms with Gasteiger partial charge in [0.05, 0.1) is 13.5 Å². The molecule has 0 unspecified atom stereocenters. The third-order valence-corrected chi connectivity index (χ3v) is 4.71. The molecular weight excluding hydrogens is 316 g/mol. The van der Waals surface area contributed by atoms with E-state index in [0.29, 0.717) is 38.5 Å². The molecule has 1 aromatic rings. The van der Waals surface area contributed by atoms with Crippen LogP contribution in [0.2, 0.25) is 0 Å². The van der Waals surface area contributed by atoms with Crippen molar-refractivity contribution < 1.29 is 14.3 Å². The number of hydrogen-bond donors (Lipinski definition) is 0. The van der Waals surface area contributed by atoms with E-state index in [0.717, 1.165) is 16.9 Å². The first-order chi connectivity index (χ1) is 11.8. The maximum Gasteiger partial charge on any atom is 0.227 e. The van der Waals surface area contributed by atoms with E-state index in [1.807, 2.05) is 35.8 Å². The molecule has 0 N–H and O–H groups in total. The molecule has 1 aliphatic rings. The standard InChI is InChI=1S/C20H30N2O3/c1-14(2)17-12-16(6-7-18(17)25-5)13-19(23)21-8-10-22(11-9-21)20(24)15(3)4/h6-7,12,14-15H,8-11,13H2,1-5H3. The second kappa shape index (κ2) is 8.37. The number of amides is 2. The van der Waals surface area contributed by atoms with Crippen molar-refractivity contribution >= 4 is 11.8 Å². The van der Waals surface area contributed by atoms with Crippen molar-refractivity contribution in [1.82, 2.24) is 9.80 Å². The molecule has 1 aliphatic heterocycles. The highest BCUT2D eigenvalue weighted by molar-refractivity contribution is 5.80. The molecule has 0 aromatic heterocycles. The van der Waals surface area contributed by atoms with Gasteiger partial charge < -0.3 is 14.5 Å². The monoisotopic (exact) mass is 346 g/mol. The van der Waals surface area contributed by atoms with Crippen molar-refractivity contribution in [3.8, 4) is 5.75 Å². The number of ether oxygens (including phenoxy) is 1. The summed E-state index contributed by atoms with van der Waals surface area (Å²) in [7, 11) is 1.67. The summed E-state index contributed by atoms with van der Waals surface area (Å²) in [6, 6.07) is 5.97. The van der Waals surface area contributed by atoms with Gasteiger partial charge in [-0.1, -0.05) is 39.8 Å². The van der Waals surface area contributed by atoms with Crippen LogP contribution in [0.3, 0.4) is 0 Å². The summed E-state index contributed by atoms with van der Waals surface area (Å²) >= 11 is 0. The largest absolute Gasteiger partial charge is 0.496 e. The van der Waals surface area contributed by atoms with Gasteiger partial charge in [-0.25, -0.2) is 0 Å². The maximum absolute atomic E-state index is 12.6. The van der Waals surface area contributed by atoms with Crippen LogP contribution in [0, 0.1) is 5.92 Å². The lowest BCUT2D eigenvalue weighted by Crippen LogP contribution is -2.51. The number of hydrogen-bond acceptors (Lipinski definition) is 3. The smallest absolute Gasteiger partial charge is 0.227 e. The molecule has 0 bridgehead atoms. The average molecular weight is 346 g/mol. The molecule has 138 valence electrons. The summed E-state index contributed by atoms with van der Waals surface area (Å²) in [5.41, 5.74) is 2.13. The van der Waals surface area contributed by atoms with E-state index in [1.54, 1.807) is 7.11 Å². The minimum Gasteiger partial charge on any atom is -0.496 e. The first kappa shape index (κ1) is 19.3. The van der Waals surface area contributed by atoms with Crippen LogP contribution in [0.4, 0.5) is 0 Å². The summed E-state index contributed by atoms with van der Waals surface area (Å²) < 4.78 is 5.40. The maximum atomic E-state index is 12.6. The van der Waals surface area contributed by atoms with Gasteiger partial charge in [-0.15, -0.1) is 0 Å². The molecule has 0 radical (unpaired) electrons. The quantitative estimate of drug-likeness (QED) is 0.824. The number of nitrogens with zero attached hydrogens (tertiary/aromatic N) is 2. The van der Waals surface area contributed by atoms with Gasteiger partial charge in [0.2, 0.25) is 11.8 Å². The number of carbonyl (C=O) groups excluding carboxylic acids is 2. The summed E-state index contributed by atoms with van der Waals surface area (Å²) in [6.45, 7) is 10.6. The molecule has 0 spiro atoms. The van der Waals surface area contributed by atoms with E-state index >= 15 is 0 Å². The molecule has 5 nitrogen and oxygen atoms in total. The predicted molar refractivity (Wildman–Crippen MR) is 98.8 cm³/mol. The van der Waals surface area contributed by atoms with Crippen LogP contribution in [0.25, 0.3) is 0 Å². The van der Waals surface area contributed by atoms with Crippen molar-refractivity contribution in [3.05, 3.63) is 29.3 Å². The topological polar surface area (TPSA) is 49.9 Å². The Labute approximate surface area is 150 Å². The fraction of sp³-hybridized carbons (Fsp3) is 0.600. The Morgan fingerprint density at radius 2 is 1.64 bits per heavy atom. The van der Waals surface area contributed by atoms with E-state index in [2.05, 4.69) is 19.9 Å². The van der Waals surface area contributed by atoms with Crippen molar-refractivity contribution in [2.45, 2.75) is 40.0 Å². The van der Waals surface area contributed by atoms with Crippen molar-refractivity contribution in [3.63, 3.8) is 0 Å². The molecule has 25 heavy (non-hydrogen) atoms. The lowest BCUT2D eigenvalue weighted by molar-refractivity contribution is -0.141. The van der Waals surface area contributed by atoms with Crippen LogP contribution in [0.1, 0.15) is 44.7 Å². The lowest BCUT2D eigenvalue weighted by atomic mass is 9.98. The van der Waals surface area contributed by atoms with Gasteiger partial charge in [-0.2, -0.15) is 0 Å². The highest BCUT2D eigenvalue weighted by Crippen LogP contribution is 2.27. The van der Waals surface area contributed by atoms with Gasteiger partial charge in [0, 0.05) is 32.1 Å². The Kier molecular flexibility index (Phi) is 6.45. The Hall–Kier alpha value is -2.04. The molecule has 1 heterocycles. The Morgan fingerprint density at radius 3 is 2.16 bits per heavy atom. The molecule has 5 heteroatoms. The van der Waals surface area contributed by atoms with E-state index in [9.17, 15) is 9.59 Å². The summed E-state index contributed by atoms with van der Waals surface area (Å²) in [6.07, 6.45) is 0.391. The van der Waals surface area contributed by atoms with Crippen molar-refractivity contribution in [1.29, 1.82) is 0 Å². The van der Waals surface area contributed by atoms with Gasteiger partial charge in [-0.3, -0.25) is 9.59 Å². The molecule has 2 rings (SSSR count). The van der Waals surface area contributed by atoms with E-state index in [1.165, 1.54) is 0 Å². The van der Waals surface area contributed by atoms with E-state index in [-0.39, 0.29) is 17.7 Å². The van der Waals surface area contributed by atoms with Crippen LogP contribution in [0.5, 0.6) is 5.75 Å². The molecule has 1 aromatic carbocycles. The Balaban J connectivity index is 1.97. The lowest BCUT2D eigenvalue weighted by Gasteiger charge is -2.35. The normalized spacial score (nSPS) is 15.0. The SMILES string of the molecule is COc1ccc(CC(=O)N2CCN(C(=O)C(C)C)CC2)cc1C(C)C. The fourth-order valence-corrected chi connectivity index (χ4v) is 3.17. The Morgan fingerprint density at radius 1 is 1.04 bits per heavy atom. The number of rotatable bonds is 5. The van der Waals surface area contributed by atoms with Crippen LogP contribution in [-0.4, -0.2) is 54.9 Å². The molecule has 0 saturated carbocycles. The van der Waals surface area contributed by atoms with Crippen molar-refractivity contribution in [2.24, 2.45) is 5.92 Å². The molecule has 1 fully saturated rings. The van der Waals surface area contributed by atoms with Crippen molar-refractivity contribution in [2.75, 3.05) is 33.3 Å².